The molecule has 4 nitrogen and oxygen atoms in total. The summed E-state index contributed by atoms with van der Waals surface area (Å²) in [5, 5.41) is 8.29. The van der Waals surface area contributed by atoms with Gasteiger partial charge in [-0.1, -0.05) is 68.8 Å². The molecule has 0 saturated heterocycles. The molecule has 1 aromatic heterocycles. The maximum Gasteiger partial charge on any atom is 0.168 e. The molecule has 192 valence electrons. The fourth-order valence-corrected chi connectivity index (χ4v) is 6.28. The number of ketones is 1. The van der Waals surface area contributed by atoms with Crippen molar-refractivity contribution in [1.29, 1.82) is 0 Å². The summed E-state index contributed by atoms with van der Waals surface area (Å²) < 4.78 is 16.6. The van der Waals surface area contributed by atoms with Gasteiger partial charge in [0.05, 0.1) is 22.8 Å². The zero-order valence-electron chi connectivity index (χ0n) is 22.8. The van der Waals surface area contributed by atoms with Crippen molar-refractivity contribution in [2.45, 2.75) is 91.1 Å². The lowest BCUT2D eigenvalue weighted by atomic mass is 9.65. The van der Waals surface area contributed by atoms with Crippen molar-refractivity contribution in [2.75, 3.05) is 5.32 Å². The van der Waals surface area contributed by atoms with Crippen LogP contribution in [0.2, 0.25) is 0 Å². The summed E-state index contributed by atoms with van der Waals surface area (Å²) in [4.78, 5) is 13.9. The van der Waals surface area contributed by atoms with Crippen molar-refractivity contribution in [2.24, 2.45) is 5.92 Å². The number of nitrogens with zero attached hydrogens (tertiary/aromatic N) is 2. The number of carbonyl (C=O) groups is 1. The number of anilines is 1. The van der Waals surface area contributed by atoms with E-state index in [1.165, 1.54) is 17.2 Å². The Morgan fingerprint density at radius 2 is 1.78 bits per heavy atom. The third kappa shape index (κ3) is 4.49. The second-order valence-corrected chi connectivity index (χ2v) is 11.2. The minimum atomic E-state index is -0.360. The number of Topliss-reactive ketones (excluding diaryl/α,β-unsaturated/α-hetero) is 1. The molecule has 1 aliphatic heterocycles. The normalized spacial score (nSPS) is 17.8. The number of nitrogens with one attached hydrogen (secondary N) is 1. The molecule has 0 amide bonds. The first kappa shape index (κ1) is 26.1. The minimum Gasteiger partial charge on any atom is -0.363 e. The molecule has 2 heterocycles. The molecule has 0 fully saturated rings. The highest BCUT2D eigenvalue weighted by atomic mass is 19.1. The molecule has 0 saturated carbocycles. The van der Waals surface area contributed by atoms with Crippen LogP contribution in [0.1, 0.15) is 99.1 Å². The molecule has 0 radical (unpaired) electrons. The predicted octanol–water partition coefficient (Wildman–Crippen LogP) is 7.90. The highest BCUT2D eigenvalue weighted by Crippen LogP contribution is 2.44. The molecule has 1 aliphatic rings. The van der Waals surface area contributed by atoms with Gasteiger partial charge in [-0.15, -0.1) is 0 Å². The molecule has 0 bridgehead atoms. The van der Waals surface area contributed by atoms with E-state index in [0.717, 1.165) is 18.5 Å². The van der Waals surface area contributed by atoms with E-state index in [4.69, 9.17) is 5.10 Å². The lowest BCUT2D eigenvalue weighted by molar-refractivity contribution is 0.0933. The molecular weight excluding hydrogens is 449 g/mol. The summed E-state index contributed by atoms with van der Waals surface area (Å²) in [6.45, 7) is 14.9. The first-order valence-corrected chi connectivity index (χ1v) is 13.3. The standard InChI is InChI=1S/C31H40FN3O/c1-8-31(9-2,23-16-14-20(3)15-17-23)21(4)18-27(36)28-22(5)34-35-29(28)33-26(19-30(35,6)7)24-12-10-11-13-25(24)32/h10-17,21,26,33H,8-9,18-19H2,1-7H3/t21-,26+/m0/s1. The van der Waals surface area contributed by atoms with Crippen LogP contribution in [0.3, 0.4) is 0 Å². The monoisotopic (exact) mass is 489 g/mol. The Kier molecular flexibility index (Phi) is 7.14. The second-order valence-electron chi connectivity index (χ2n) is 11.2. The Morgan fingerprint density at radius 1 is 1.14 bits per heavy atom. The average molecular weight is 490 g/mol. The summed E-state index contributed by atoms with van der Waals surface area (Å²) in [5.41, 5.74) is 4.09. The number of rotatable bonds is 8. The van der Waals surface area contributed by atoms with Crippen LogP contribution in [0.4, 0.5) is 10.2 Å². The number of carbonyl (C=O) groups excluding carboxylic acids is 1. The van der Waals surface area contributed by atoms with Gasteiger partial charge in [0.1, 0.15) is 11.6 Å². The zero-order chi connectivity index (χ0) is 26.3. The van der Waals surface area contributed by atoms with E-state index in [1.807, 2.05) is 23.7 Å². The van der Waals surface area contributed by atoms with Gasteiger partial charge in [0.15, 0.2) is 5.78 Å². The van der Waals surface area contributed by atoms with Crippen molar-refractivity contribution in [3.8, 4) is 0 Å². The fourth-order valence-electron chi connectivity index (χ4n) is 6.28. The van der Waals surface area contributed by atoms with Gasteiger partial charge in [0.2, 0.25) is 0 Å². The van der Waals surface area contributed by atoms with Gasteiger partial charge < -0.3 is 5.32 Å². The number of hydrogen-bond donors (Lipinski definition) is 1. The Morgan fingerprint density at radius 3 is 2.39 bits per heavy atom. The first-order valence-electron chi connectivity index (χ1n) is 13.3. The first-order chi connectivity index (χ1) is 17.0. The zero-order valence-corrected chi connectivity index (χ0v) is 22.8. The van der Waals surface area contributed by atoms with E-state index in [1.54, 1.807) is 6.07 Å². The van der Waals surface area contributed by atoms with Crippen LogP contribution in [-0.4, -0.2) is 15.6 Å². The summed E-state index contributed by atoms with van der Waals surface area (Å²) in [6.07, 6.45) is 3.04. The van der Waals surface area contributed by atoms with Gasteiger partial charge >= 0.3 is 0 Å². The molecular formula is C31H40FN3O. The summed E-state index contributed by atoms with van der Waals surface area (Å²) in [6, 6.07) is 15.4. The Hall–Kier alpha value is -2.95. The van der Waals surface area contributed by atoms with E-state index >= 15 is 0 Å². The maximum absolute atomic E-state index is 14.7. The third-order valence-electron chi connectivity index (χ3n) is 8.53. The number of aryl methyl sites for hydroxylation is 2. The van der Waals surface area contributed by atoms with Crippen LogP contribution in [-0.2, 0) is 11.0 Å². The molecule has 0 aliphatic carbocycles. The molecule has 1 N–H and O–H groups in total. The van der Waals surface area contributed by atoms with E-state index in [2.05, 4.69) is 71.1 Å². The van der Waals surface area contributed by atoms with Crippen molar-refractivity contribution in [1.82, 2.24) is 9.78 Å². The van der Waals surface area contributed by atoms with Crippen LogP contribution in [0.25, 0.3) is 0 Å². The largest absolute Gasteiger partial charge is 0.363 e. The maximum atomic E-state index is 14.7. The fraction of sp³-hybridized carbons (Fsp3) is 0.484. The quantitative estimate of drug-likeness (QED) is 0.327. The number of halogens is 1. The summed E-state index contributed by atoms with van der Waals surface area (Å²) >= 11 is 0. The van der Waals surface area contributed by atoms with Gasteiger partial charge in [-0.05, 0) is 69.9 Å². The van der Waals surface area contributed by atoms with Crippen molar-refractivity contribution in [3.63, 3.8) is 0 Å². The number of aromatic nitrogens is 2. The van der Waals surface area contributed by atoms with Gasteiger partial charge in [0.25, 0.3) is 0 Å². The van der Waals surface area contributed by atoms with E-state index in [-0.39, 0.29) is 34.5 Å². The van der Waals surface area contributed by atoms with Crippen LogP contribution < -0.4 is 5.32 Å². The molecule has 3 aromatic rings. The SMILES string of the molecule is CCC(CC)(c1ccc(C)cc1)[C@@H](C)CC(=O)c1c(C)nn2c1N[C@@H](c1ccccc1F)CC2(C)C. The average Bonchev–Trinajstić information content (AvgIpc) is 3.18. The van der Waals surface area contributed by atoms with E-state index < -0.39 is 0 Å². The summed E-state index contributed by atoms with van der Waals surface area (Å²) in [5.74, 6) is 0.725. The van der Waals surface area contributed by atoms with Crippen LogP contribution in [0, 0.1) is 25.6 Å². The highest BCUT2D eigenvalue weighted by Gasteiger charge is 2.40. The Balaban J connectivity index is 1.68. The molecule has 0 spiro atoms. The lowest BCUT2D eigenvalue weighted by Gasteiger charge is -2.39. The van der Waals surface area contributed by atoms with Crippen molar-refractivity contribution in [3.05, 3.63) is 82.3 Å². The van der Waals surface area contributed by atoms with Gasteiger partial charge in [-0.3, -0.25) is 4.79 Å². The Labute approximate surface area is 215 Å². The molecule has 2 atom stereocenters. The third-order valence-corrected chi connectivity index (χ3v) is 8.53. The summed E-state index contributed by atoms with van der Waals surface area (Å²) in [7, 11) is 0. The number of fused-ring (bicyclic) bond motifs is 1. The molecule has 2 aromatic carbocycles. The Bertz CT molecular complexity index is 1240. The lowest BCUT2D eigenvalue weighted by Crippen LogP contribution is -2.38. The molecule has 36 heavy (non-hydrogen) atoms. The smallest absolute Gasteiger partial charge is 0.168 e. The molecule has 4 rings (SSSR count). The highest BCUT2D eigenvalue weighted by molar-refractivity contribution is 6.02. The molecule has 0 unspecified atom stereocenters. The van der Waals surface area contributed by atoms with Gasteiger partial charge in [-0.2, -0.15) is 5.10 Å². The van der Waals surface area contributed by atoms with E-state index in [9.17, 15) is 9.18 Å². The minimum absolute atomic E-state index is 0.0765. The van der Waals surface area contributed by atoms with Gasteiger partial charge in [-0.25, -0.2) is 9.07 Å². The van der Waals surface area contributed by atoms with E-state index in [0.29, 0.717) is 29.8 Å². The van der Waals surface area contributed by atoms with Crippen LogP contribution >= 0.6 is 0 Å². The van der Waals surface area contributed by atoms with Crippen molar-refractivity contribution < 1.29 is 9.18 Å². The number of hydrogen-bond acceptors (Lipinski definition) is 3. The number of benzene rings is 2. The molecule has 5 heteroatoms. The topological polar surface area (TPSA) is 46.9 Å². The van der Waals surface area contributed by atoms with Crippen LogP contribution in [0.5, 0.6) is 0 Å². The predicted molar refractivity (Wildman–Crippen MR) is 145 cm³/mol. The van der Waals surface area contributed by atoms with Crippen LogP contribution in [0.15, 0.2) is 48.5 Å². The van der Waals surface area contributed by atoms with Crippen molar-refractivity contribution >= 4 is 11.6 Å². The second kappa shape index (κ2) is 9.84. The van der Waals surface area contributed by atoms with Gasteiger partial charge in [0, 0.05) is 12.0 Å².